The van der Waals surface area contributed by atoms with Crippen LogP contribution in [0.1, 0.15) is 12.0 Å². The molecule has 1 amide bonds. The summed E-state index contributed by atoms with van der Waals surface area (Å²) in [5, 5.41) is 13.0. The molecule has 0 aliphatic rings. The van der Waals surface area contributed by atoms with Crippen molar-refractivity contribution in [1.29, 1.82) is 0 Å². The first-order valence-corrected chi connectivity index (χ1v) is 11.0. The lowest BCUT2D eigenvalue weighted by Crippen LogP contribution is -2.47. The van der Waals surface area contributed by atoms with Gasteiger partial charge in [0.1, 0.15) is 6.10 Å². The van der Waals surface area contributed by atoms with Gasteiger partial charge in [-0.25, -0.2) is 8.42 Å². The SMILES string of the molecule is Cl.N[C@@H](Cc1ccccc1)[C@@H](O)C(=O)NCCCS(=O)(=O)c1ccc(Cl)c(Cl)c1. The quantitative estimate of drug-likeness (QED) is 0.477. The molecule has 160 valence electrons. The van der Waals surface area contributed by atoms with Crippen LogP contribution in [-0.4, -0.2) is 43.9 Å². The minimum Gasteiger partial charge on any atom is -0.382 e. The maximum Gasteiger partial charge on any atom is 0.250 e. The van der Waals surface area contributed by atoms with E-state index in [-0.39, 0.29) is 46.1 Å². The molecule has 29 heavy (non-hydrogen) atoms. The van der Waals surface area contributed by atoms with Gasteiger partial charge >= 0.3 is 0 Å². The highest BCUT2D eigenvalue weighted by Crippen LogP contribution is 2.25. The number of hydrogen-bond acceptors (Lipinski definition) is 5. The summed E-state index contributed by atoms with van der Waals surface area (Å²) in [5.41, 5.74) is 6.81. The van der Waals surface area contributed by atoms with Gasteiger partial charge in [0.25, 0.3) is 0 Å². The van der Waals surface area contributed by atoms with E-state index in [0.717, 1.165) is 5.56 Å². The van der Waals surface area contributed by atoms with Crippen LogP contribution < -0.4 is 11.1 Å². The summed E-state index contributed by atoms with van der Waals surface area (Å²) in [5.74, 6) is -0.812. The lowest BCUT2D eigenvalue weighted by Gasteiger charge is -2.18. The molecule has 10 heteroatoms. The summed E-state index contributed by atoms with van der Waals surface area (Å²) >= 11 is 11.6. The Labute approximate surface area is 186 Å². The number of nitrogens with two attached hydrogens (primary N) is 1. The molecule has 0 saturated heterocycles. The van der Waals surface area contributed by atoms with Gasteiger partial charge in [-0.3, -0.25) is 4.79 Å². The lowest BCUT2D eigenvalue weighted by atomic mass is 10.0. The summed E-state index contributed by atoms with van der Waals surface area (Å²) in [6.45, 7) is 0.0918. The molecule has 0 saturated carbocycles. The van der Waals surface area contributed by atoms with Gasteiger partial charge in [0.2, 0.25) is 5.91 Å². The molecule has 2 atom stereocenters. The topological polar surface area (TPSA) is 109 Å². The lowest BCUT2D eigenvalue weighted by molar-refractivity contribution is -0.130. The normalized spacial score (nSPS) is 13.2. The first kappa shape index (κ1) is 25.7. The molecule has 0 aromatic heterocycles. The van der Waals surface area contributed by atoms with Crippen LogP contribution in [0.5, 0.6) is 0 Å². The standard InChI is InChI=1S/C19H22Cl2N2O4S.ClH/c20-15-8-7-14(12-16(15)21)28(26,27)10-4-9-23-19(25)18(24)17(22)11-13-5-2-1-3-6-13;/h1-3,5-8,12,17-18,24H,4,9-11,22H2,(H,23,25);1H/t17-,18+;/m0./s1. The van der Waals surface area contributed by atoms with Crippen molar-refractivity contribution in [2.45, 2.75) is 29.9 Å². The fraction of sp³-hybridized carbons (Fsp3) is 0.316. The fourth-order valence-electron chi connectivity index (χ4n) is 2.56. The summed E-state index contributed by atoms with van der Waals surface area (Å²) in [6, 6.07) is 12.6. The first-order valence-electron chi connectivity index (χ1n) is 8.64. The van der Waals surface area contributed by atoms with E-state index in [9.17, 15) is 18.3 Å². The van der Waals surface area contributed by atoms with Gasteiger partial charge in [-0.15, -0.1) is 12.4 Å². The Bertz CT molecular complexity index is 911. The number of aliphatic hydroxyl groups excluding tert-OH is 1. The molecule has 0 aliphatic heterocycles. The van der Waals surface area contributed by atoms with Crippen LogP contribution in [0.25, 0.3) is 0 Å². The van der Waals surface area contributed by atoms with Gasteiger partial charge in [0.15, 0.2) is 9.84 Å². The zero-order chi connectivity index (χ0) is 20.7. The van der Waals surface area contributed by atoms with Gasteiger partial charge in [-0.05, 0) is 36.6 Å². The largest absolute Gasteiger partial charge is 0.382 e. The number of aliphatic hydroxyl groups is 1. The molecular weight excluding hydrogens is 459 g/mol. The molecule has 2 aromatic carbocycles. The molecule has 0 radical (unpaired) electrons. The molecule has 0 heterocycles. The van der Waals surface area contributed by atoms with Gasteiger partial charge < -0.3 is 16.2 Å². The first-order chi connectivity index (χ1) is 13.2. The molecule has 6 nitrogen and oxygen atoms in total. The predicted octanol–water partition coefficient (Wildman–Crippen LogP) is 2.63. The number of carbonyl (C=O) groups excluding carboxylic acids is 1. The highest BCUT2D eigenvalue weighted by atomic mass is 35.5. The second-order valence-corrected chi connectivity index (χ2v) is 9.26. The van der Waals surface area contributed by atoms with E-state index < -0.39 is 27.9 Å². The smallest absolute Gasteiger partial charge is 0.250 e. The molecule has 4 N–H and O–H groups in total. The third kappa shape index (κ3) is 7.77. The van der Waals surface area contributed by atoms with Crippen molar-refractivity contribution >= 4 is 51.4 Å². The Morgan fingerprint density at radius 3 is 2.38 bits per heavy atom. The Kier molecular flexibility index (Phi) is 10.4. The van der Waals surface area contributed by atoms with Crippen LogP contribution in [0.15, 0.2) is 53.4 Å². The number of halogens is 3. The predicted molar refractivity (Wildman–Crippen MR) is 118 cm³/mol. The molecule has 2 aromatic rings. The van der Waals surface area contributed by atoms with Crippen LogP contribution in [0.2, 0.25) is 10.0 Å². The van der Waals surface area contributed by atoms with Crippen molar-refractivity contribution in [2.24, 2.45) is 5.73 Å². The van der Waals surface area contributed by atoms with E-state index in [1.807, 2.05) is 30.3 Å². The van der Waals surface area contributed by atoms with Crippen molar-refractivity contribution < 1.29 is 18.3 Å². The van der Waals surface area contributed by atoms with Crippen molar-refractivity contribution in [3.63, 3.8) is 0 Å². The third-order valence-corrected chi connectivity index (χ3v) is 6.66. The Hall–Kier alpha value is -1.35. The number of hydrogen-bond donors (Lipinski definition) is 3. The fourth-order valence-corrected chi connectivity index (χ4v) is 4.25. The van der Waals surface area contributed by atoms with Gasteiger partial charge in [0, 0.05) is 12.6 Å². The highest BCUT2D eigenvalue weighted by Gasteiger charge is 2.23. The summed E-state index contributed by atoms with van der Waals surface area (Å²) in [4.78, 5) is 12.1. The minimum atomic E-state index is -3.56. The number of rotatable bonds is 9. The summed E-state index contributed by atoms with van der Waals surface area (Å²) in [6.07, 6.45) is -0.859. The van der Waals surface area contributed by atoms with Crippen molar-refractivity contribution in [3.8, 4) is 0 Å². The average Bonchev–Trinajstić information content (AvgIpc) is 2.67. The van der Waals surface area contributed by atoms with Gasteiger partial charge in [-0.1, -0.05) is 53.5 Å². The van der Waals surface area contributed by atoms with E-state index in [2.05, 4.69) is 5.32 Å². The molecule has 0 aliphatic carbocycles. The van der Waals surface area contributed by atoms with Crippen LogP contribution >= 0.6 is 35.6 Å². The van der Waals surface area contributed by atoms with Gasteiger partial charge in [0.05, 0.1) is 20.7 Å². The van der Waals surface area contributed by atoms with Crippen LogP contribution in [-0.2, 0) is 21.1 Å². The monoisotopic (exact) mass is 480 g/mol. The number of carbonyl (C=O) groups is 1. The molecule has 0 spiro atoms. The Balaban J connectivity index is 0.00000420. The Morgan fingerprint density at radius 2 is 1.76 bits per heavy atom. The third-order valence-electron chi connectivity index (χ3n) is 4.13. The molecule has 2 rings (SSSR count). The Morgan fingerprint density at radius 1 is 1.10 bits per heavy atom. The number of nitrogens with one attached hydrogen (secondary N) is 1. The second kappa shape index (κ2) is 11.7. The van der Waals surface area contributed by atoms with Crippen LogP contribution in [0, 0.1) is 0 Å². The maximum absolute atomic E-state index is 12.3. The van der Waals surface area contributed by atoms with Crippen LogP contribution in [0.3, 0.4) is 0 Å². The number of sulfone groups is 1. The molecule has 0 bridgehead atoms. The number of benzene rings is 2. The van der Waals surface area contributed by atoms with Crippen LogP contribution in [0.4, 0.5) is 0 Å². The van der Waals surface area contributed by atoms with Crippen molar-refractivity contribution in [1.82, 2.24) is 5.32 Å². The van der Waals surface area contributed by atoms with Crippen molar-refractivity contribution in [2.75, 3.05) is 12.3 Å². The molecular formula is C19H23Cl3N2O4S. The zero-order valence-corrected chi connectivity index (χ0v) is 18.6. The summed E-state index contributed by atoms with van der Waals surface area (Å²) < 4.78 is 24.6. The summed E-state index contributed by atoms with van der Waals surface area (Å²) in [7, 11) is -3.56. The highest BCUT2D eigenvalue weighted by molar-refractivity contribution is 7.91. The zero-order valence-electron chi connectivity index (χ0n) is 15.4. The second-order valence-electron chi connectivity index (χ2n) is 6.34. The maximum atomic E-state index is 12.3. The minimum absolute atomic E-state index is 0. The van der Waals surface area contributed by atoms with E-state index >= 15 is 0 Å². The molecule has 0 fully saturated rings. The van der Waals surface area contributed by atoms with Gasteiger partial charge in [-0.2, -0.15) is 0 Å². The number of amides is 1. The van der Waals surface area contributed by atoms with E-state index in [0.29, 0.717) is 6.42 Å². The average molecular weight is 482 g/mol. The van der Waals surface area contributed by atoms with E-state index in [1.54, 1.807) is 0 Å². The molecule has 0 unspecified atom stereocenters. The van der Waals surface area contributed by atoms with Crippen molar-refractivity contribution in [3.05, 3.63) is 64.1 Å². The van der Waals surface area contributed by atoms with E-state index in [1.165, 1.54) is 18.2 Å². The van der Waals surface area contributed by atoms with E-state index in [4.69, 9.17) is 28.9 Å².